The first-order chi connectivity index (χ1) is 14.0. The molecule has 0 saturated heterocycles. The molecule has 0 unspecified atom stereocenters. The van der Waals surface area contributed by atoms with Crippen molar-refractivity contribution in [3.8, 4) is 0 Å². The van der Waals surface area contributed by atoms with Crippen molar-refractivity contribution in [2.75, 3.05) is 11.1 Å². The van der Waals surface area contributed by atoms with E-state index in [1.54, 1.807) is 42.5 Å². The van der Waals surface area contributed by atoms with Crippen LogP contribution in [0.5, 0.6) is 0 Å². The Morgan fingerprint density at radius 3 is 2.31 bits per heavy atom. The van der Waals surface area contributed by atoms with E-state index in [1.807, 2.05) is 19.1 Å². The van der Waals surface area contributed by atoms with Crippen molar-refractivity contribution in [1.82, 2.24) is 4.57 Å². The Bertz CT molecular complexity index is 1240. The monoisotopic (exact) mass is 387 g/mol. The van der Waals surface area contributed by atoms with Gasteiger partial charge in [-0.05, 0) is 37.3 Å². The van der Waals surface area contributed by atoms with Gasteiger partial charge in [-0.1, -0.05) is 48.0 Å². The number of benzene rings is 3. The number of fused-ring (bicyclic) bond motifs is 1. The number of anilines is 2. The minimum atomic E-state index is -0.584. The highest BCUT2D eigenvalue weighted by Gasteiger charge is 2.25. The lowest BCUT2D eigenvalue weighted by molar-refractivity contribution is 0.0967. The van der Waals surface area contributed by atoms with Crippen molar-refractivity contribution in [2.24, 2.45) is 0 Å². The van der Waals surface area contributed by atoms with Gasteiger partial charge >= 0.3 is 0 Å². The quantitative estimate of drug-likeness (QED) is 0.539. The Hall–Kier alpha value is -3.93. The molecular formula is C23H18FN3O2. The molecule has 0 aliphatic carbocycles. The Labute approximate surface area is 166 Å². The largest absolute Gasteiger partial charge is 0.384 e. The summed E-state index contributed by atoms with van der Waals surface area (Å²) in [5.74, 6) is -1.48. The van der Waals surface area contributed by atoms with Gasteiger partial charge in [0.05, 0.1) is 16.8 Å². The van der Waals surface area contributed by atoms with Crippen LogP contribution in [0.15, 0.2) is 72.8 Å². The van der Waals surface area contributed by atoms with Crippen molar-refractivity contribution in [3.05, 3.63) is 95.3 Å². The number of nitrogens with one attached hydrogen (secondary N) is 1. The summed E-state index contributed by atoms with van der Waals surface area (Å²) in [7, 11) is 0. The fraction of sp³-hybridized carbons (Fsp3) is 0.0435. The molecule has 0 aliphatic rings. The van der Waals surface area contributed by atoms with E-state index in [2.05, 4.69) is 5.32 Å². The summed E-state index contributed by atoms with van der Waals surface area (Å²) < 4.78 is 15.3. The second-order valence-electron chi connectivity index (χ2n) is 6.72. The fourth-order valence-electron chi connectivity index (χ4n) is 3.29. The molecule has 1 aromatic heterocycles. The van der Waals surface area contributed by atoms with Crippen LogP contribution in [0.3, 0.4) is 0 Å². The second kappa shape index (κ2) is 7.24. The molecule has 5 nitrogen and oxygen atoms in total. The number of carbonyl (C=O) groups excluding carboxylic acids is 2. The molecule has 0 spiro atoms. The molecule has 0 bridgehead atoms. The SMILES string of the molecule is Cc1ccc(C(=O)n2c(N)c(C(=O)Nc3ccccc3F)c3ccccc32)cc1. The van der Waals surface area contributed by atoms with Gasteiger partial charge in [0.2, 0.25) is 0 Å². The number of para-hydroxylation sites is 2. The van der Waals surface area contributed by atoms with Gasteiger partial charge in [-0.25, -0.2) is 4.39 Å². The van der Waals surface area contributed by atoms with E-state index in [-0.39, 0.29) is 23.0 Å². The average Bonchev–Trinajstić information content (AvgIpc) is 3.01. The zero-order valence-electron chi connectivity index (χ0n) is 15.6. The summed E-state index contributed by atoms with van der Waals surface area (Å²) in [5, 5.41) is 3.05. The minimum Gasteiger partial charge on any atom is -0.384 e. The fourth-order valence-corrected chi connectivity index (χ4v) is 3.29. The number of hydrogen-bond donors (Lipinski definition) is 2. The lowest BCUT2D eigenvalue weighted by atomic mass is 10.1. The molecule has 3 aromatic carbocycles. The molecule has 1 heterocycles. The van der Waals surface area contributed by atoms with Crippen LogP contribution in [0.4, 0.5) is 15.9 Å². The Kier molecular flexibility index (Phi) is 4.60. The number of hydrogen-bond acceptors (Lipinski definition) is 3. The maximum absolute atomic E-state index is 14.0. The number of carbonyl (C=O) groups is 2. The normalized spacial score (nSPS) is 10.8. The molecule has 3 N–H and O–H groups in total. The minimum absolute atomic E-state index is 0.00520. The lowest BCUT2D eigenvalue weighted by Gasteiger charge is -2.08. The highest BCUT2D eigenvalue weighted by Crippen LogP contribution is 2.30. The third-order valence-corrected chi connectivity index (χ3v) is 4.76. The third kappa shape index (κ3) is 3.25. The van der Waals surface area contributed by atoms with Gasteiger partial charge in [-0.3, -0.25) is 14.2 Å². The second-order valence-corrected chi connectivity index (χ2v) is 6.72. The summed E-state index contributed by atoms with van der Waals surface area (Å²) in [6, 6.07) is 19.9. The van der Waals surface area contributed by atoms with Gasteiger partial charge in [0.1, 0.15) is 11.6 Å². The standard InChI is InChI=1S/C23H18FN3O2/c1-14-10-12-15(13-11-14)23(29)27-19-9-5-2-6-16(19)20(21(27)25)22(28)26-18-8-4-3-7-17(18)24/h2-13H,25H2,1H3,(H,26,28). The number of halogens is 1. The Morgan fingerprint density at radius 1 is 0.931 bits per heavy atom. The van der Waals surface area contributed by atoms with Crippen molar-refractivity contribution < 1.29 is 14.0 Å². The van der Waals surface area contributed by atoms with Gasteiger partial charge < -0.3 is 11.1 Å². The van der Waals surface area contributed by atoms with E-state index < -0.39 is 11.7 Å². The molecule has 0 radical (unpaired) electrons. The van der Waals surface area contributed by atoms with E-state index in [0.717, 1.165) is 5.56 Å². The summed E-state index contributed by atoms with van der Waals surface area (Å²) in [6.07, 6.45) is 0. The highest BCUT2D eigenvalue weighted by atomic mass is 19.1. The molecular weight excluding hydrogens is 369 g/mol. The summed E-state index contributed by atoms with van der Waals surface area (Å²) in [4.78, 5) is 26.1. The van der Waals surface area contributed by atoms with Gasteiger partial charge in [-0.2, -0.15) is 0 Å². The molecule has 0 aliphatic heterocycles. The van der Waals surface area contributed by atoms with Gasteiger partial charge in [-0.15, -0.1) is 0 Å². The first-order valence-corrected chi connectivity index (χ1v) is 9.03. The molecule has 144 valence electrons. The summed E-state index contributed by atoms with van der Waals surface area (Å²) >= 11 is 0. The predicted molar refractivity (Wildman–Crippen MR) is 112 cm³/mol. The molecule has 0 fully saturated rings. The van der Waals surface area contributed by atoms with Crippen molar-refractivity contribution in [3.63, 3.8) is 0 Å². The third-order valence-electron chi connectivity index (χ3n) is 4.76. The first kappa shape index (κ1) is 18.4. The summed E-state index contributed by atoms with van der Waals surface area (Å²) in [5.41, 5.74) is 8.42. The van der Waals surface area contributed by atoms with Crippen LogP contribution < -0.4 is 11.1 Å². The maximum Gasteiger partial charge on any atom is 0.263 e. The van der Waals surface area contributed by atoms with Crippen LogP contribution >= 0.6 is 0 Å². The molecule has 4 aromatic rings. The highest BCUT2D eigenvalue weighted by molar-refractivity contribution is 6.19. The topological polar surface area (TPSA) is 77.1 Å². The number of nitrogen functional groups attached to an aromatic ring is 1. The number of aryl methyl sites for hydroxylation is 1. The Morgan fingerprint density at radius 2 is 1.59 bits per heavy atom. The van der Waals surface area contributed by atoms with Crippen molar-refractivity contribution >= 4 is 34.2 Å². The predicted octanol–water partition coefficient (Wildman–Crippen LogP) is 4.61. The van der Waals surface area contributed by atoms with Gasteiger partial charge in [0.25, 0.3) is 11.8 Å². The first-order valence-electron chi connectivity index (χ1n) is 9.03. The summed E-state index contributed by atoms with van der Waals surface area (Å²) in [6.45, 7) is 1.93. The van der Waals surface area contributed by atoms with E-state index in [4.69, 9.17) is 5.73 Å². The van der Waals surface area contributed by atoms with Crippen LogP contribution in [0, 0.1) is 12.7 Å². The molecule has 29 heavy (non-hydrogen) atoms. The average molecular weight is 387 g/mol. The van der Waals surface area contributed by atoms with Crippen LogP contribution in [0.1, 0.15) is 26.3 Å². The number of nitrogens with zero attached hydrogens (tertiary/aromatic N) is 1. The number of rotatable bonds is 3. The molecule has 0 saturated carbocycles. The van der Waals surface area contributed by atoms with Crippen LogP contribution in [0.2, 0.25) is 0 Å². The lowest BCUT2D eigenvalue weighted by Crippen LogP contribution is -2.18. The number of aromatic nitrogens is 1. The van der Waals surface area contributed by atoms with Gasteiger partial charge in [0, 0.05) is 10.9 Å². The van der Waals surface area contributed by atoms with Crippen LogP contribution in [0.25, 0.3) is 10.9 Å². The van der Waals surface area contributed by atoms with E-state index >= 15 is 0 Å². The molecule has 1 amide bonds. The number of nitrogens with two attached hydrogens (primary N) is 1. The van der Waals surface area contributed by atoms with E-state index in [1.165, 1.54) is 22.8 Å². The maximum atomic E-state index is 14.0. The molecule has 0 atom stereocenters. The van der Waals surface area contributed by atoms with Gasteiger partial charge in [0.15, 0.2) is 0 Å². The van der Waals surface area contributed by atoms with Crippen molar-refractivity contribution in [2.45, 2.75) is 6.92 Å². The zero-order chi connectivity index (χ0) is 20.5. The van der Waals surface area contributed by atoms with Crippen LogP contribution in [-0.2, 0) is 0 Å². The number of amides is 1. The van der Waals surface area contributed by atoms with E-state index in [9.17, 15) is 14.0 Å². The smallest absolute Gasteiger partial charge is 0.263 e. The molecule has 6 heteroatoms. The van der Waals surface area contributed by atoms with E-state index in [0.29, 0.717) is 16.5 Å². The Balaban J connectivity index is 1.83. The zero-order valence-corrected chi connectivity index (χ0v) is 15.6. The van der Waals surface area contributed by atoms with Crippen molar-refractivity contribution in [1.29, 1.82) is 0 Å². The van der Waals surface area contributed by atoms with Crippen LogP contribution in [-0.4, -0.2) is 16.4 Å². The molecule has 4 rings (SSSR count).